The Morgan fingerprint density at radius 3 is 2.15 bits per heavy atom. The van der Waals surface area contributed by atoms with Crippen LogP contribution in [-0.2, 0) is 0 Å². The van der Waals surface area contributed by atoms with Crippen molar-refractivity contribution in [2.75, 3.05) is 33.2 Å². The summed E-state index contributed by atoms with van der Waals surface area (Å²) >= 11 is 0. The third kappa shape index (κ3) is 5.34. The van der Waals surface area contributed by atoms with Gasteiger partial charge in [-0.15, -0.1) is 0 Å². The maximum Gasteiger partial charge on any atom is 0.0195 e. The van der Waals surface area contributed by atoms with Gasteiger partial charge in [-0.3, -0.25) is 4.90 Å². The van der Waals surface area contributed by atoms with Crippen LogP contribution >= 0.6 is 0 Å². The molecule has 3 heteroatoms. The smallest absolute Gasteiger partial charge is 0.0195 e. The molecule has 0 amide bonds. The van der Waals surface area contributed by atoms with Crippen molar-refractivity contribution < 1.29 is 0 Å². The highest BCUT2D eigenvalue weighted by Gasteiger charge is 2.28. The summed E-state index contributed by atoms with van der Waals surface area (Å²) in [5, 5.41) is 3.74. The first-order chi connectivity index (χ1) is 9.25. The molecule has 1 rings (SSSR count). The molecule has 3 unspecified atom stereocenters. The molecular formula is C17H37N3. The fourth-order valence-electron chi connectivity index (χ4n) is 3.17. The SMILES string of the molecule is CCCNC(CCN1CC(C)N(C)C(C)C1)C(C)(C)C. The number of likely N-dealkylation sites (N-methyl/N-ethyl adjacent to an activating group) is 1. The quantitative estimate of drug-likeness (QED) is 0.809. The minimum Gasteiger partial charge on any atom is -0.313 e. The zero-order valence-corrected chi connectivity index (χ0v) is 14.9. The minimum atomic E-state index is 0.346. The molecule has 0 radical (unpaired) electrons. The van der Waals surface area contributed by atoms with E-state index in [0.717, 1.165) is 6.54 Å². The number of nitrogens with one attached hydrogen (secondary N) is 1. The lowest BCUT2D eigenvalue weighted by molar-refractivity contribution is 0.0547. The molecule has 0 aromatic heterocycles. The molecule has 0 aromatic rings. The minimum absolute atomic E-state index is 0.346. The van der Waals surface area contributed by atoms with E-state index in [4.69, 9.17) is 0 Å². The van der Waals surface area contributed by atoms with Crippen molar-refractivity contribution in [3.8, 4) is 0 Å². The second-order valence-electron chi connectivity index (χ2n) is 7.78. The highest BCUT2D eigenvalue weighted by Crippen LogP contribution is 2.23. The van der Waals surface area contributed by atoms with Crippen molar-refractivity contribution in [3.63, 3.8) is 0 Å². The largest absolute Gasteiger partial charge is 0.313 e. The summed E-state index contributed by atoms with van der Waals surface area (Å²) in [6.07, 6.45) is 2.47. The summed E-state index contributed by atoms with van der Waals surface area (Å²) in [5.41, 5.74) is 0.346. The van der Waals surface area contributed by atoms with Crippen molar-refractivity contribution in [1.29, 1.82) is 0 Å². The van der Waals surface area contributed by atoms with E-state index in [1.165, 1.54) is 32.5 Å². The summed E-state index contributed by atoms with van der Waals surface area (Å²) < 4.78 is 0. The first kappa shape index (κ1) is 17.9. The van der Waals surface area contributed by atoms with Crippen LogP contribution in [0.5, 0.6) is 0 Å². The van der Waals surface area contributed by atoms with Crippen LogP contribution in [0.15, 0.2) is 0 Å². The van der Waals surface area contributed by atoms with Crippen LogP contribution in [0.2, 0.25) is 0 Å². The van der Waals surface area contributed by atoms with E-state index in [1.807, 2.05) is 0 Å². The van der Waals surface area contributed by atoms with Crippen LogP contribution in [-0.4, -0.2) is 61.2 Å². The van der Waals surface area contributed by atoms with Crippen molar-refractivity contribution in [3.05, 3.63) is 0 Å². The Morgan fingerprint density at radius 1 is 1.15 bits per heavy atom. The summed E-state index contributed by atoms with van der Waals surface area (Å²) in [7, 11) is 2.26. The summed E-state index contributed by atoms with van der Waals surface area (Å²) in [4.78, 5) is 5.16. The first-order valence-corrected chi connectivity index (χ1v) is 8.43. The molecule has 3 nitrogen and oxygen atoms in total. The van der Waals surface area contributed by atoms with Gasteiger partial charge in [0.05, 0.1) is 0 Å². The van der Waals surface area contributed by atoms with E-state index >= 15 is 0 Å². The lowest BCUT2D eigenvalue weighted by Gasteiger charge is -2.43. The van der Waals surface area contributed by atoms with E-state index in [-0.39, 0.29) is 0 Å². The number of piperazine rings is 1. The Morgan fingerprint density at radius 2 is 1.70 bits per heavy atom. The topological polar surface area (TPSA) is 18.5 Å². The van der Waals surface area contributed by atoms with Crippen LogP contribution in [0, 0.1) is 5.41 Å². The molecule has 0 bridgehead atoms. The Kier molecular flexibility index (Phi) is 6.96. The second kappa shape index (κ2) is 7.77. The molecule has 20 heavy (non-hydrogen) atoms. The Hall–Kier alpha value is -0.120. The molecule has 1 saturated heterocycles. The summed E-state index contributed by atoms with van der Waals surface area (Å²) in [6.45, 7) is 18.8. The van der Waals surface area contributed by atoms with E-state index in [1.54, 1.807) is 0 Å². The molecule has 0 saturated carbocycles. The highest BCUT2D eigenvalue weighted by molar-refractivity contribution is 4.86. The molecule has 0 spiro atoms. The molecule has 1 fully saturated rings. The van der Waals surface area contributed by atoms with Gasteiger partial charge >= 0.3 is 0 Å². The molecule has 1 aliphatic heterocycles. The third-order valence-corrected chi connectivity index (χ3v) is 4.86. The monoisotopic (exact) mass is 283 g/mol. The summed E-state index contributed by atoms with van der Waals surface area (Å²) in [6, 6.07) is 1.97. The van der Waals surface area contributed by atoms with Crippen LogP contribution in [0.1, 0.15) is 54.4 Å². The summed E-state index contributed by atoms with van der Waals surface area (Å²) in [5.74, 6) is 0. The van der Waals surface area contributed by atoms with Gasteiger partial charge in [-0.05, 0) is 52.2 Å². The lowest BCUT2D eigenvalue weighted by atomic mass is 9.84. The molecule has 3 atom stereocenters. The van der Waals surface area contributed by atoms with Crippen LogP contribution < -0.4 is 5.32 Å². The maximum absolute atomic E-state index is 3.74. The number of hydrogen-bond donors (Lipinski definition) is 1. The van der Waals surface area contributed by atoms with Crippen molar-refractivity contribution in [2.45, 2.75) is 72.5 Å². The van der Waals surface area contributed by atoms with Gasteiger partial charge in [0.25, 0.3) is 0 Å². The number of rotatable bonds is 6. The maximum atomic E-state index is 3.74. The average molecular weight is 284 g/mol. The van der Waals surface area contributed by atoms with E-state index in [9.17, 15) is 0 Å². The molecule has 1 N–H and O–H groups in total. The number of nitrogens with zero attached hydrogens (tertiary/aromatic N) is 2. The predicted molar refractivity (Wildman–Crippen MR) is 89.3 cm³/mol. The molecule has 1 aliphatic rings. The van der Waals surface area contributed by atoms with Gasteiger partial charge < -0.3 is 10.2 Å². The van der Waals surface area contributed by atoms with Gasteiger partial charge in [-0.2, -0.15) is 0 Å². The highest BCUT2D eigenvalue weighted by atomic mass is 15.3. The standard InChI is InChI=1S/C17H37N3/c1-8-10-18-16(17(4,5)6)9-11-20-12-14(2)19(7)15(3)13-20/h14-16,18H,8-13H2,1-7H3. The number of hydrogen-bond acceptors (Lipinski definition) is 3. The second-order valence-corrected chi connectivity index (χ2v) is 7.78. The molecule has 0 aliphatic carbocycles. The zero-order valence-electron chi connectivity index (χ0n) is 14.9. The normalized spacial score (nSPS) is 27.8. The molecule has 120 valence electrons. The lowest BCUT2D eigenvalue weighted by Crippen LogP contribution is -2.55. The fraction of sp³-hybridized carbons (Fsp3) is 1.00. The van der Waals surface area contributed by atoms with Crippen LogP contribution in [0.3, 0.4) is 0 Å². The van der Waals surface area contributed by atoms with Gasteiger partial charge in [0, 0.05) is 31.2 Å². The Labute approximate surface area is 127 Å². The van der Waals surface area contributed by atoms with Gasteiger partial charge in [0.15, 0.2) is 0 Å². The van der Waals surface area contributed by atoms with Crippen LogP contribution in [0.25, 0.3) is 0 Å². The first-order valence-electron chi connectivity index (χ1n) is 8.43. The van der Waals surface area contributed by atoms with E-state index < -0.39 is 0 Å². The fourth-order valence-corrected chi connectivity index (χ4v) is 3.17. The van der Waals surface area contributed by atoms with Crippen LogP contribution in [0.4, 0.5) is 0 Å². The molecule has 0 aromatic carbocycles. The average Bonchev–Trinajstić information content (AvgIpc) is 2.34. The van der Waals surface area contributed by atoms with Gasteiger partial charge in [0.2, 0.25) is 0 Å². The van der Waals surface area contributed by atoms with Gasteiger partial charge in [-0.1, -0.05) is 27.7 Å². The van der Waals surface area contributed by atoms with Gasteiger partial charge in [0.1, 0.15) is 0 Å². The van der Waals surface area contributed by atoms with Crippen molar-refractivity contribution in [2.24, 2.45) is 5.41 Å². The van der Waals surface area contributed by atoms with Gasteiger partial charge in [-0.25, -0.2) is 0 Å². The Balaban J connectivity index is 2.46. The third-order valence-electron chi connectivity index (χ3n) is 4.86. The van der Waals surface area contributed by atoms with Crippen molar-refractivity contribution >= 4 is 0 Å². The molecular weight excluding hydrogens is 246 g/mol. The molecule has 1 heterocycles. The predicted octanol–water partition coefficient (Wildman–Crippen LogP) is 2.82. The Bertz CT molecular complexity index is 260. The zero-order chi connectivity index (χ0) is 15.3. The van der Waals surface area contributed by atoms with E-state index in [2.05, 4.69) is 63.7 Å². The van der Waals surface area contributed by atoms with E-state index in [0.29, 0.717) is 23.5 Å². The van der Waals surface area contributed by atoms with Crippen molar-refractivity contribution in [1.82, 2.24) is 15.1 Å².